The third kappa shape index (κ3) is 8.75. The van der Waals surface area contributed by atoms with Gasteiger partial charge in [-0.3, -0.25) is 4.79 Å². The van der Waals surface area contributed by atoms with Crippen LogP contribution < -0.4 is 19.5 Å². The SMILES string of the molecule is CCOc1ccc(-c2cc(C(=O)NCCCCc3ccc(OC(C)(C)CC)cc3OC(C)(C)CC)c3ccccc3n2)cc1. The largest absolute Gasteiger partial charge is 0.494 e. The third-order valence-corrected chi connectivity index (χ3v) is 8.10. The molecule has 4 aromatic rings. The van der Waals surface area contributed by atoms with E-state index in [0.717, 1.165) is 77.1 Å². The summed E-state index contributed by atoms with van der Waals surface area (Å²) in [6.45, 7) is 15.8. The predicted octanol–water partition coefficient (Wildman–Crippen LogP) is 9.19. The van der Waals surface area contributed by atoms with Crippen molar-refractivity contribution in [2.24, 2.45) is 0 Å². The van der Waals surface area contributed by atoms with Crippen LogP contribution in [0.15, 0.2) is 72.8 Å². The molecule has 3 aromatic carbocycles. The van der Waals surface area contributed by atoms with Gasteiger partial charge in [0, 0.05) is 23.6 Å². The number of hydrogen-bond donors (Lipinski definition) is 1. The van der Waals surface area contributed by atoms with Crippen molar-refractivity contribution in [3.63, 3.8) is 0 Å². The molecule has 0 spiro atoms. The highest BCUT2D eigenvalue weighted by Gasteiger charge is 2.22. The lowest BCUT2D eigenvalue weighted by Crippen LogP contribution is -2.28. The topological polar surface area (TPSA) is 69.7 Å². The fourth-order valence-electron chi connectivity index (χ4n) is 4.80. The summed E-state index contributed by atoms with van der Waals surface area (Å²) in [7, 11) is 0. The summed E-state index contributed by atoms with van der Waals surface area (Å²) >= 11 is 0. The number of carbonyl (C=O) groups is 1. The van der Waals surface area contributed by atoms with Gasteiger partial charge in [0.2, 0.25) is 0 Å². The van der Waals surface area contributed by atoms with Crippen molar-refractivity contribution < 1.29 is 19.0 Å². The Labute approximate surface area is 263 Å². The number of carbonyl (C=O) groups excluding carboxylic acids is 1. The minimum atomic E-state index is -0.279. The van der Waals surface area contributed by atoms with Crippen LogP contribution in [0.25, 0.3) is 22.2 Å². The normalized spacial score (nSPS) is 11.8. The van der Waals surface area contributed by atoms with Crippen molar-refractivity contribution in [1.82, 2.24) is 10.3 Å². The van der Waals surface area contributed by atoms with E-state index in [0.29, 0.717) is 18.7 Å². The Kier molecular flexibility index (Phi) is 10.9. The Balaban J connectivity index is 1.42. The van der Waals surface area contributed by atoms with Crippen LogP contribution in [0.2, 0.25) is 0 Å². The molecule has 44 heavy (non-hydrogen) atoms. The zero-order chi connectivity index (χ0) is 31.7. The maximum atomic E-state index is 13.4. The molecule has 6 heteroatoms. The molecule has 0 atom stereocenters. The lowest BCUT2D eigenvalue weighted by molar-refractivity contribution is 0.0942. The number of aryl methyl sites for hydroxylation is 1. The predicted molar refractivity (Wildman–Crippen MR) is 180 cm³/mol. The maximum absolute atomic E-state index is 13.4. The molecule has 1 aromatic heterocycles. The van der Waals surface area contributed by atoms with Gasteiger partial charge >= 0.3 is 0 Å². The molecule has 0 aliphatic rings. The zero-order valence-corrected chi connectivity index (χ0v) is 27.5. The van der Waals surface area contributed by atoms with Gasteiger partial charge in [0.1, 0.15) is 28.5 Å². The lowest BCUT2D eigenvalue weighted by Gasteiger charge is -2.29. The van der Waals surface area contributed by atoms with Crippen molar-refractivity contribution >= 4 is 16.8 Å². The van der Waals surface area contributed by atoms with E-state index < -0.39 is 0 Å². The summed E-state index contributed by atoms with van der Waals surface area (Å²) in [5.41, 5.74) is 3.75. The molecular formula is C38H48N2O4. The molecule has 4 rings (SSSR count). The number of aromatic nitrogens is 1. The Hall–Kier alpha value is -4.06. The highest BCUT2D eigenvalue weighted by atomic mass is 16.5. The van der Waals surface area contributed by atoms with E-state index >= 15 is 0 Å². The van der Waals surface area contributed by atoms with Crippen molar-refractivity contribution in [3.05, 3.63) is 83.9 Å². The average Bonchev–Trinajstić information content (AvgIpc) is 3.01. The van der Waals surface area contributed by atoms with Crippen molar-refractivity contribution in [1.29, 1.82) is 0 Å². The summed E-state index contributed by atoms with van der Waals surface area (Å²) in [6.07, 6.45) is 4.42. The van der Waals surface area contributed by atoms with Gasteiger partial charge in [-0.25, -0.2) is 4.98 Å². The van der Waals surface area contributed by atoms with Gasteiger partial charge in [-0.05, 0) is 115 Å². The molecule has 0 saturated carbocycles. The van der Waals surface area contributed by atoms with Gasteiger partial charge in [0.05, 0.1) is 23.4 Å². The molecule has 0 aliphatic carbocycles. The molecule has 0 unspecified atom stereocenters. The number of pyridine rings is 1. The van der Waals surface area contributed by atoms with Crippen LogP contribution in [0.1, 0.15) is 90.1 Å². The van der Waals surface area contributed by atoms with Gasteiger partial charge in [0.25, 0.3) is 5.91 Å². The van der Waals surface area contributed by atoms with Gasteiger partial charge in [-0.2, -0.15) is 0 Å². The summed E-state index contributed by atoms with van der Waals surface area (Å²) < 4.78 is 18.3. The first-order valence-corrected chi connectivity index (χ1v) is 16.0. The van der Waals surface area contributed by atoms with Crippen LogP contribution >= 0.6 is 0 Å². The van der Waals surface area contributed by atoms with Gasteiger partial charge in [-0.1, -0.05) is 38.1 Å². The molecular weight excluding hydrogens is 548 g/mol. The first-order valence-electron chi connectivity index (χ1n) is 16.0. The fourth-order valence-corrected chi connectivity index (χ4v) is 4.80. The summed E-state index contributed by atoms with van der Waals surface area (Å²) in [4.78, 5) is 18.3. The Morgan fingerprint density at radius 2 is 1.48 bits per heavy atom. The monoisotopic (exact) mass is 596 g/mol. The van der Waals surface area contributed by atoms with E-state index in [2.05, 4.69) is 52.9 Å². The third-order valence-electron chi connectivity index (χ3n) is 8.10. The molecule has 0 radical (unpaired) electrons. The minimum Gasteiger partial charge on any atom is -0.494 e. The Morgan fingerprint density at radius 3 is 2.18 bits per heavy atom. The molecule has 1 heterocycles. The zero-order valence-electron chi connectivity index (χ0n) is 27.5. The summed E-state index contributed by atoms with van der Waals surface area (Å²) in [6, 6.07) is 23.7. The molecule has 0 bridgehead atoms. The second-order valence-corrected chi connectivity index (χ2v) is 12.4. The Bertz CT molecular complexity index is 1540. The molecule has 0 aliphatic heterocycles. The second kappa shape index (κ2) is 14.6. The van der Waals surface area contributed by atoms with Crippen LogP contribution in [-0.4, -0.2) is 35.2 Å². The maximum Gasteiger partial charge on any atom is 0.252 e. The van der Waals surface area contributed by atoms with Crippen LogP contribution in [0.4, 0.5) is 0 Å². The molecule has 1 amide bonds. The number of para-hydroxylation sites is 1. The van der Waals surface area contributed by atoms with Crippen LogP contribution in [0.3, 0.4) is 0 Å². The summed E-state index contributed by atoms with van der Waals surface area (Å²) in [5.74, 6) is 2.41. The number of fused-ring (bicyclic) bond motifs is 1. The number of nitrogens with zero attached hydrogens (tertiary/aromatic N) is 1. The number of rotatable bonds is 15. The van der Waals surface area contributed by atoms with E-state index in [-0.39, 0.29) is 17.1 Å². The number of amides is 1. The lowest BCUT2D eigenvalue weighted by atomic mass is 10.0. The highest BCUT2D eigenvalue weighted by molar-refractivity contribution is 6.07. The highest BCUT2D eigenvalue weighted by Crippen LogP contribution is 2.33. The first-order chi connectivity index (χ1) is 21.0. The first kappa shape index (κ1) is 32.8. The van der Waals surface area contributed by atoms with Gasteiger partial charge < -0.3 is 19.5 Å². The minimum absolute atomic E-state index is 0.0930. The Morgan fingerprint density at radius 1 is 0.795 bits per heavy atom. The van der Waals surface area contributed by atoms with Crippen molar-refractivity contribution in [3.8, 4) is 28.5 Å². The molecule has 6 nitrogen and oxygen atoms in total. The number of unbranched alkanes of at least 4 members (excludes halogenated alkanes) is 1. The standard InChI is InChI=1S/C38H48N2O4/c1-8-37(4,5)43-30-23-20-28(35(25-30)44-38(6,7)9-2)15-13-14-24-39-36(41)32-26-34(40-33-17-12-11-16-31(32)33)27-18-21-29(22-19-27)42-10-3/h11-12,16-23,25-26H,8-10,13-15,24H2,1-7H3,(H,39,41). The van der Waals surface area contributed by atoms with Gasteiger partial charge in [0.15, 0.2) is 0 Å². The van der Waals surface area contributed by atoms with Gasteiger partial charge in [-0.15, -0.1) is 0 Å². The quantitative estimate of drug-likeness (QED) is 0.139. The second-order valence-electron chi connectivity index (χ2n) is 12.4. The number of ether oxygens (including phenoxy) is 3. The van der Waals surface area contributed by atoms with Crippen LogP contribution in [0.5, 0.6) is 17.2 Å². The number of hydrogen-bond acceptors (Lipinski definition) is 5. The van der Waals surface area contributed by atoms with Crippen LogP contribution in [0, 0.1) is 0 Å². The van der Waals surface area contributed by atoms with E-state index in [1.807, 2.05) is 73.7 Å². The average molecular weight is 597 g/mol. The van der Waals surface area contributed by atoms with E-state index in [9.17, 15) is 4.79 Å². The molecule has 1 N–H and O–H groups in total. The summed E-state index contributed by atoms with van der Waals surface area (Å²) in [5, 5.41) is 3.99. The van der Waals surface area contributed by atoms with E-state index in [1.54, 1.807) is 0 Å². The van der Waals surface area contributed by atoms with E-state index in [1.165, 1.54) is 0 Å². The number of nitrogens with one attached hydrogen (secondary N) is 1. The molecule has 0 fully saturated rings. The molecule has 0 saturated heterocycles. The smallest absolute Gasteiger partial charge is 0.252 e. The van der Waals surface area contributed by atoms with Crippen molar-refractivity contribution in [2.75, 3.05) is 13.2 Å². The van der Waals surface area contributed by atoms with Crippen LogP contribution in [-0.2, 0) is 6.42 Å². The number of benzene rings is 3. The van der Waals surface area contributed by atoms with Crippen molar-refractivity contribution in [2.45, 2.75) is 91.8 Å². The molecule has 234 valence electrons. The van der Waals surface area contributed by atoms with E-state index in [4.69, 9.17) is 19.2 Å². The fraction of sp³-hybridized carbons (Fsp3) is 0.421.